The lowest BCUT2D eigenvalue weighted by Gasteiger charge is -2.42. The third kappa shape index (κ3) is 5.73. The maximum Gasteiger partial charge on any atom is 0.329 e. The van der Waals surface area contributed by atoms with Crippen LogP contribution < -0.4 is 5.32 Å². The number of likely N-dealkylation sites (tertiary alicyclic amines) is 1. The van der Waals surface area contributed by atoms with Gasteiger partial charge in [-0.2, -0.15) is 0 Å². The molecule has 232 valence electrons. The molecule has 2 bridgehead atoms. The van der Waals surface area contributed by atoms with Crippen LogP contribution in [0.1, 0.15) is 97.0 Å². The molecule has 1 aliphatic heterocycles. The summed E-state index contributed by atoms with van der Waals surface area (Å²) in [6, 6.07) is 2.61. The Hall–Kier alpha value is -2.81. The molecule has 6 atom stereocenters. The number of rotatable bonds is 8. The van der Waals surface area contributed by atoms with Crippen molar-refractivity contribution >= 4 is 17.8 Å². The molecule has 1 saturated heterocycles. The number of nitrogens with one attached hydrogen (secondary N) is 1. The van der Waals surface area contributed by atoms with Gasteiger partial charge in [0.05, 0.1) is 0 Å². The molecule has 0 radical (unpaired) electrons. The molecule has 4 fully saturated rings. The topological polar surface area (TPSA) is 136 Å². The Morgan fingerprint density at radius 2 is 1.71 bits per heavy atom. The molecule has 1 heterocycles. The average Bonchev–Trinajstić information content (AvgIpc) is 3.31. The zero-order valence-electron chi connectivity index (χ0n) is 25.3. The summed E-state index contributed by atoms with van der Waals surface area (Å²) < 4.78 is 6.23. The fourth-order valence-corrected chi connectivity index (χ4v) is 8.26. The smallest absolute Gasteiger partial charge is 0.329 e. The van der Waals surface area contributed by atoms with Crippen LogP contribution >= 0.6 is 0 Å². The van der Waals surface area contributed by atoms with Crippen molar-refractivity contribution in [1.29, 1.82) is 0 Å². The molecule has 42 heavy (non-hydrogen) atoms. The zero-order valence-corrected chi connectivity index (χ0v) is 25.3. The van der Waals surface area contributed by atoms with E-state index >= 15 is 0 Å². The van der Waals surface area contributed by atoms with Crippen molar-refractivity contribution in [1.82, 2.24) is 10.2 Å². The number of piperidine rings is 1. The van der Waals surface area contributed by atoms with Crippen LogP contribution in [0.3, 0.4) is 0 Å². The molecule has 9 nitrogen and oxygen atoms in total. The molecule has 3 unspecified atom stereocenters. The van der Waals surface area contributed by atoms with Crippen LogP contribution in [-0.2, 0) is 25.5 Å². The van der Waals surface area contributed by atoms with Gasteiger partial charge in [-0.25, -0.2) is 4.79 Å². The van der Waals surface area contributed by atoms with Crippen LogP contribution in [0.15, 0.2) is 18.2 Å². The number of hydrogen-bond acceptors (Lipinski definition) is 7. The number of phenols is 2. The minimum atomic E-state index is -1.45. The van der Waals surface area contributed by atoms with E-state index in [1.165, 1.54) is 18.2 Å². The van der Waals surface area contributed by atoms with Crippen molar-refractivity contribution in [3.05, 3.63) is 23.8 Å². The Kier molecular flexibility index (Phi) is 8.80. The molecule has 4 N–H and O–H groups in total. The first-order valence-corrected chi connectivity index (χ1v) is 15.9. The average molecular weight is 585 g/mol. The van der Waals surface area contributed by atoms with Gasteiger partial charge in [0.25, 0.3) is 0 Å². The number of aliphatic hydroxyl groups is 1. The van der Waals surface area contributed by atoms with E-state index in [1.54, 1.807) is 4.90 Å². The van der Waals surface area contributed by atoms with Gasteiger partial charge in [-0.05, 0) is 86.3 Å². The van der Waals surface area contributed by atoms with Crippen molar-refractivity contribution in [2.75, 3.05) is 6.54 Å². The number of nitrogens with zero attached hydrogens (tertiary/aromatic N) is 1. The van der Waals surface area contributed by atoms with E-state index in [0.29, 0.717) is 24.4 Å². The number of fused-ring (bicyclic) bond motifs is 2. The Balaban J connectivity index is 1.30. The van der Waals surface area contributed by atoms with Crippen molar-refractivity contribution in [2.45, 2.75) is 122 Å². The minimum absolute atomic E-state index is 0.0696. The number of hydrogen-bond donors (Lipinski definition) is 4. The van der Waals surface area contributed by atoms with Crippen LogP contribution in [-0.4, -0.2) is 68.8 Å². The lowest BCUT2D eigenvalue weighted by atomic mass is 9.70. The van der Waals surface area contributed by atoms with Crippen LogP contribution in [0, 0.1) is 22.7 Å². The lowest BCUT2D eigenvalue weighted by Crippen LogP contribution is -2.59. The quantitative estimate of drug-likeness (QED) is 0.266. The number of aliphatic hydroxyl groups excluding tert-OH is 1. The molecule has 9 heteroatoms. The minimum Gasteiger partial charge on any atom is -0.504 e. The zero-order chi connectivity index (χ0) is 30.2. The molecule has 4 aliphatic rings. The van der Waals surface area contributed by atoms with E-state index in [-0.39, 0.29) is 52.6 Å². The number of phenolic OH excluding ortho intramolecular Hbond substituents is 2. The largest absolute Gasteiger partial charge is 0.504 e. The van der Waals surface area contributed by atoms with Gasteiger partial charge in [0.15, 0.2) is 11.5 Å². The monoisotopic (exact) mass is 584 g/mol. The summed E-state index contributed by atoms with van der Waals surface area (Å²) in [4.78, 5) is 42.8. The third-order valence-electron chi connectivity index (χ3n) is 11.5. The van der Waals surface area contributed by atoms with Crippen LogP contribution in [0.4, 0.5) is 0 Å². The first-order valence-electron chi connectivity index (χ1n) is 15.9. The maximum absolute atomic E-state index is 14.2. The first-order chi connectivity index (χ1) is 19.9. The number of ether oxygens (including phenoxy) is 1. The van der Waals surface area contributed by atoms with Gasteiger partial charge in [-0.1, -0.05) is 46.1 Å². The molecule has 5 rings (SSSR count). The number of carbonyl (C=O) groups is 3. The van der Waals surface area contributed by atoms with Crippen LogP contribution in [0.5, 0.6) is 11.5 Å². The summed E-state index contributed by atoms with van der Waals surface area (Å²) in [7, 11) is 0. The second-order valence-electron chi connectivity index (χ2n) is 14.0. The van der Waals surface area contributed by atoms with Gasteiger partial charge in [0.2, 0.25) is 11.8 Å². The van der Waals surface area contributed by atoms with E-state index in [9.17, 15) is 29.7 Å². The second kappa shape index (κ2) is 12.1. The van der Waals surface area contributed by atoms with Gasteiger partial charge < -0.3 is 30.3 Å². The Morgan fingerprint density at radius 3 is 2.36 bits per heavy atom. The number of amides is 2. The Bertz CT molecular complexity index is 1180. The molecule has 1 aromatic rings. The number of aromatic hydroxyl groups is 2. The fraction of sp³-hybridized carbons (Fsp3) is 0.727. The van der Waals surface area contributed by atoms with Gasteiger partial charge in [0.1, 0.15) is 24.3 Å². The van der Waals surface area contributed by atoms with Gasteiger partial charge in [0, 0.05) is 18.4 Å². The highest BCUT2D eigenvalue weighted by molar-refractivity contribution is 5.92. The van der Waals surface area contributed by atoms with Crippen LogP contribution in [0.2, 0.25) is 0 Å². The molecule has 0 spiro atoms. The normalized spacial score (nSPS) is 30.5. The third-order valence-corrected chi connectivity index (χ3v) is 11.5. The molecular weight excluding hydrogens is 536 g/mol. The molecule has 3 saturated carbocycles. The predicted octanol–water partition coefficient (Wildman–Crippen LogP) is 4.21. The second-order valence-corrected chi connectivity index (χ2v) is 14.0. The molecule has 0 aromatic heterocycles. The molecular formula is C33H48N2O7. The van der Waals surface area contributed by atoms with E-state index in [4.69, 9.17) is 4.74 Å². The summed E-state index contributed by atoms with van der Waals surface area (Å²) in [6.45, 7) is 7.24. The van der Waals surface area contributed by atoms with E-state index in [1.807, 2.05) is 0 Å². The first kappa shape index (κ1) is 30.6. The highest BCUT2D eigenvalue weighted by Gasteiger charge is 2.63. The van der Waals surface area contributed by atoms with Crippen molar-refractivity contribution in [3.8, 4) is 11.5 Å². The summed E-state index contributed by atoms with van der Waals surface area (Å²) in [5.41, 5.74) is 0.514. The highest BCUT2D eigenvalue weighted by atomic mass is 16.5. The molecule has 2 amide bonds. The maximum atomic E-state index is 14.2. The summed E-state index contributed by atoms with van der Waals surface area (Å²) in [5.74, 6) is -1.43. The summed E-state index contributed by atoms with van der Waals surface area (Å²) >= 11 is 0. The van der Waals surface area contributed by atoms with E-state index in [0.717, 1.165) is 64.2 Å². The van der Waals surface area contributed by atoms with Gasteiger partial charge in [-0.3, -0.25) is 9.59 Å². The van der Waals surface area contributed by atoms with Gasteiger partial charge >= 0.3 is 5.97 Å². The van der Waals surface area contributed by atoms with Crippen molar-refractivity contribution < 1.29 is 34.4 Å². The van der Waals surface area contributed by atoms with Crippen LogP contribution in [0.25, 0.3) is 0 Å². The Morgan fingerprint density at radius 1 is 1.00 bits per heavy atom. The molecule has 3 aliphatic carbocycles. The SMILES string of the molecule is CC1(C)C2CCC1(C)C(OC(=O)[C@@H]1CCCCN1C(=O)[C@@H](NC(=O)[C@H](O)Cc1ccc(O)c(O)c1)C1CCCCC1)C2. The fourth-order valence-electron chi connectivity index (χ4n) is 8.26. The number of esters is 1. The van der Waals surface area contributed by atoms with Crippen molar-refractivity contribution in [3.63, 3.8) is 0 Å². The summed E-state index contributed by atoms with van der Waals surface area (Å²) in [6.07, 6.45) is 8.12. The number of benzene rings is 1. The predicted molar refractivity (Wildman–Crippen MR) is 156 cm³/mol. The van der Waals surface area contributed by atoms with E-state index in [2.05, 4.69) is 26.1 Å². The Labute approximate surface area is 249 Å². The summed E-state index contributed by atoms with van der Waals surface area (Å²) in [5, 5.41) is 33.0. The lowest BCUT2D eigenvalue weighted by molar-refractivity contribution is -0.169. The van der Waals surface area contributed by atoms with Crippen molar-refractivity contribution in [2.24, 2.45) is 22.7 Å². The van der Waals surface area contributed by atoms with E-state index < -0.39 is 24.1 Å². The molecule has 1 aromatic carbocycles. The standard InChI is InChI=1S/C33H48N2O7/c1-32(2)22-14-15-33(32,3)27(19-22)42-31(41)23-11-7-8-16-35(23)30(40)28(21-9-5-4-6-10-21)34-29(39)26(38)18-20-12-13-24(36)25(37)17-20/h12-13,17,21-23,26-28,36-38H,4-11,14-16,18-19H2,1-3H3,(H,34,39)/t22?,23-,26+,27?,28-,33?/m0/s1. The van der Waals surface area contributed by atoms with Gasteiger partial charge in [-0.15, -0.1) is 0 Å². The number of carbonyl (C=O) groups excluding carboxylic acids is 3. The highest BCUT2D eigenvalue weighted by Crippen LogP contribution is 2.66.